The van der Waals surface area contributed by atoms with Crippen LogP contribution in [-0.4, -0.2) is 15.2 Å². The number of nitro groups is 1. The lowest BCUT2D eigenvalue weighted by molar-refractivity contribution is -0.384. The number of anilines is 1. The molecule has 0 saturated carbocycles. The summed E-state index contributed by atoms with van der Waals surface area (Å²) in [4.78, 5) is 25.3. The molecule has 0 atom stereocenters. The van der Waals surface area contributed by atoms with Crippen molar-refractivity contribution in [3.8, 4) is 5.75 Å². The minimum atomic E-state index is -0.451. The van der Waals surface area contributed by atoms with E-state index in [0.717, 1.165) is 5.56 Å². The number of carbonyl (C=O) groups excluding carboxylic acids is 1. The van der Waals surface area contributed by atoms with Crippen LogP contribution in [-0.2, 0) is 11.4 Å². The molecule has 1 saturated heterocycles. The van der Waals surface area contributed by atoms with Crippen molar-refractivity contribution in [3.63, 3.8) is 0 Å². The van der Waals surface area contributed by atoms with Crippen LogP contribution < -0.4 is 9.64 Å². The lowest BCUT2D eigenvalue weighted by atomic mass is 10.1. The fourth-order valence-corrected chi connectivity index (χ4v) is 4.52. The van der Waals surface area contributed by atoms with E-state index in [1.54, 1.807) is 36.4 Å². The molecule has 0 unspecified atom stereocenters. The van der Waals surface area contributed by atoms with Crippen molar-refractivity contribution in [2.24, 2.45) is 0 Å². The molecular weight excluding hydrogens is 468 g/mol. The van der Waals surface area contributed by atoms with Gasteiger partial charge in [-0.15, -0.1) is 0 Å². The number of ether oxygens (including phenoxy) is 1. The smallest absolute Gasteiger partial charge is 0.270 e. The second-order valence-electron chi connectivity index (χ2n) is 6.75. The van der Waals surface area contributed by atoms with E-state index in [9.17, 15) is 14.9 Å². The lowest BCUT2D eigenvalue weighted by Crippen LogP contribution is -2.27. The van der Waals surface area contributed by atoms with Crippen LogP contribution in [0.1, 0.15) is 11.1 Å². The van der Waals surface area contributed by atoms with Crippen molar-refractivity contribution in [1.82, 2.24) is 0 Å². The van der Waals surface area contributed by atoms with Crippen molar-refractivity contribution in [1.29, 1.82) is 0 Å². The molecule has 0 spiro atoms. The normalized spacial score (nSPS) is 14.8. The van der Waals surface area contributed by atoms with E-state index in [1.165, 1.54) is 28.8 Å². The summed E-state index contributed by atoms with van der Waals surface area (Å²) in [5, 5.41) is 11.3. The number of carbonyl (C=O) groups is 1. The maximum absolute atomic E-state index is 13.0. The van der Waals surface area contributed by atoms with Crippen LogP contribution in [0, 0.1) is 10.1 Å². The number of non-ortho nitro benzene ring substituents is 1. The van der Waals surface area contributed by atoms with E-state index >= 15 is 0 Å². The molecule has 32 heavy (non-hydrogen) atoms. The second-order valence-corrected chi connectivity index (χ2v) is 8.86. The van der Waals surface area contributed by atoms with Gasteiger partial charge in [-0.3, -0.25) is 19.8 Å². The molecular formula is C23H15ClN2O4S2. The largest absolute Gasteiger partial charge is 0.488 e. The molecule has 160 valence electrons. The average molecular weight is 483 g/mol. The van der Waals surface area contributed by atoms with E-state index in [1.807, 2.05) is 30.3 Å². The fourth-order valence-electron chi connectivity index (χ4n) is 3.05. The lowest BCUT2D eigenvalue weighted by Gasteiger charge is -2.14. The fraction of sp³-hybridized carbons (Fsp3) is 0.0435. The predicted octanol–water partition coefficient (Wildman–Crippen LogP) is 6.23. The summed E-state index contributed by atoms with van der Waals surface area (Å²) in [6.45, 7) is 0.200. The Labute approximate surface area is 198 Å². The molecule has 6 nitrogen and oxygen atoms in total. The molecule has 0 radical (unpaired) electrons. The standard InChI is InChI=1S/C23H15ClN2O4S2/c24-17-8-11-20(30-14-15-6-9-19(10-7-15)26(28)29)16(12-17)13-21-22(27)25(23(31)32-21)18-4-2-1-3-5-18/h1-13H,14H2/b21-13-. The van der Waals surface area contributed by atoms with E-state index in [0.29, 0.717) is 31.2 Å². The molecule has 1 amide bonds. The van der Waals surface area contributed by atoms with E-state index in [2.05, 4.69) is 0 Å². The minimum absolute atomic E-state index is 0.0152. The molecule has 1 aliphatic heterocycles. The minimum Gasteiger partial charge on any atom is -0.488 e. The highest BCUT2D eigenvalue weighted by Gasteiger charge is 2.33. The summed E-state index contributed by atoms with van der Waals surface area (Å²) in [6.07, 6.45) is 1.71. The zero-order valence-electron chi connectivity index (χ0n) is 16.4. The maximum atomic E-state index is 13.0. The quantitative estimate of drug-likeness (QED) is 0.179. The molecule has 0 aliphatic carbocycles. The zero-order valence-corrected chi connectivity index (χ0v) is 18.8. The number of thiocarbonyl (C=S) groups is 1. The van der Waals surface area contributed by atoms with Gasteiger partial charge in [-0.1, -0.05) is 53.8 Å². The highest BCUT2D eigenvalue weighted by Crippen LogP contribution is 2.37. The Morgan fingerprint density at radius 3 is 2.50 bits per heavy atom. The SMILES string of the molecule is O=C1/C(=C/c2cc(Cl)ccc2OCc2ccc([N+](=O)[O-])cc2)SC(=S)N1c1ccccc1. The Morgan fingerprint density at radius 1 is 1.09 bits per heavy atom. The third-order valence-electron chi connectivity index (χ3n) is 4.61. The molecule has 1 fully saturated rings. The van der Waals surface area contributed by atoms with Crippen molar-refractivity contribution >= 4 is 63.3 Å². The third-order valence-corrected chi connectivity index (χ3v) is 6.15. The van der Waals surface area contributed by atoms with Crippen molar-refractivity contribution < 1.29 is 14.5 Å². The molecule has 1 heterocycles. The molecule has 3 aromatic carbocycles. The summed E-state index contributed by atoms with van der Waals surface area (Å²) < 4.78 is 6.37. The molecule has 1 aliphatic rings. The molecule has 0 aromatic heterocycles. The molecule has 4 rings (SSSR count). The van der Waals surface area contributed by atoms with Crippen LogP contribution in [0.25, 0.3) is 6.08 Å². The Hall–Kier alpha value is -3.20. The van der Waals surface area contributed by atoms with Gasteiger partial charge in [-0.25, -0.2) is 0 Å². The van der Waals surface area contributed by atoms with Crippen LogP contribution in [0.2, 0.25) is 5.02 Å². The van der Waals surface area contributed by atoms with Crippen LogP contribution >= 0.6 is 35.6 Å². The van der Waals surface area contributed by atoms with Crippen molar-refractivity contribution in [2.45, 2.75) is 6.61 Å². The van der Waals surface area contributed by atoms with Gasteiger partial charge in [-0.2, -0.15) is 0 Å². The van der Waals surface area contributed by atoms with Crippen molar-refractivity contribution in [3.05, 3.63) is 104 Å². The van der Waals surface area contributed by atoms with E-state index in [-0.39, 0.29) is 18.2 Å². The summed E-state index contributed by atoms with van der Waals surface area (Å²) in [5.74, 6) is 0.310. The second kappa shape index (κ2) is 9.52. The van der Waals surface area contributed by atoms with Gasteiger partial charge in [0.05, 0.1) is 15.5 Å². The molecule has 0 N–H and O–H groups in total. The Kier molecular flexibility index (Phi) is 6.55. The summed E-state index contributed by atoms with van der Waals surface area (Å²) in [7, 11) is 0. The van der Waals surface area contributed by atoms with Crippen LogP contribution in [0.4, 0.5) is 11.4 Å². The topological polar surface area (TPSA) is 72.7 Å². The number of nitro benzene ring substituents is 1. The first-order chi connectivity index (χ1) is 15.4. The first kappa shape index (κ1) is 22.0. The molecule has 0 bridgehead atoms. The Bertz CT molecular complexity index is 1230. The van der Waals surface area contributed by atoms with Gasteiger partial charge in [0, 0.05) is 22.7 Å². The van der Waals surface area contributed by atoms with Crippen molar-refractivity contribution in [2.75, 3.05) is 4.90 Å². The number of thioether (sulfide) groups is 1. The van der Waals surface area contributed by atoms with E-state index < -0.39 is 4.92 Å². The maximum Gasteiger partial charge on any atom is 0.270 e. The first-order valence-corrected chi connectivity index (χ1v) is 11.0. The van der Waals surface area contributed by atoms with Gasteiger partial charge < -0.3 is 4.74 Å². The number of nitrogens with zero attached hydrogens (tertiary/aromatic N) is 2. The number of amides is 1. The Morgan fingerprint density at radius 2 is 1.81 bits per heavy atom. The third kappa shape index (κ3) is 4.83. The van der Waals surface area contributed by atoms with Gasteiger partial charge in [-0.05, 0) is 54.1 Å². The van der Waals surface area contributed by atoms with Crippen LogP contribution in [0.15, 0.2) is 77.7 Å². The monoisotopic (exact) mass is 482 g/mol. The summed E-state index contributed by atoms with van der Waals surface area (Å²) in [5.41, 5.74) is 2.13. The number of para-hydroxylation sites is 1. The number of hydrogen-bond donors (Lipinski definition) is 0. The Balaban J connectivity index is 1.57. The van der Waals surface area contributed by atoms with Crippen LogP contribution in [0.3, 0.4) is 0 Å². The number of rotatable bonds is 6. The zero-order chi connectivity index (χ0) is 22.7. The summed E-state index contributed by atoms with van der Waals surface area (Å²) in [6, 6.07) is 20.5. The van der Waals surface area contributed by atoms with Gasteiger partial charge in [0.15, 0.2) is 4.32 Å². The molecule has 3 aromatic rings. The number of halogens is 1. The van der Waals surface area contributed by atoms with Gasteiger partial charge in [0.1, 0.15) is 12.4 Å². The van der Waals surface area contributed by atoms with Crippen LogP contribution in [0.5, 0.6) is 5.75 Å². The first-order valence-electron chi connectivity index (χ1n) is 9.41. The van der Waals surface area contributed by atoms with Gasteiger partial charge >= 0.3 is 0 Å². The van der Waals surface area contributed by atoms with Gasteiger partial charge in [0.2, 0.25) is 0 Å². The highest BCUT2D eigenvalue weighted by atomic mass is 35.5. The van der Waals surface area contributed by atoms with Gasteiger partial charge in [0.25, 0.3) is 11.6 Å². The molecule has 9 heteroatoms. The average Bonchev–Trinajstić information content (AvgIpc) is 3.06. The number of benzene rings is 3. The van der Waals surface area contributed by atoms with E-state index in [4.69, 9.17) is 28.6 Å². The number of hydrogen-bond acceptors (Lipinski definition) is 6. The summed E-state index contributed by atoms with van der Waals surface area (Å²) >= 11 is 12.8. The predicted molar refractivity (Wildman–Crippen MR) is 131 cm³/mol. The highest BCUT2D eigenvalue weighted by molar-refractivity contribution is 8.27.